The SMILES string of the molecule is CCN(CC)C(=O)c1cc(NCC2CCC(N)C2)ccn1. The number of rotatable bonds is 6. The zero-order valence-electron chi connectivity index (χ0n) is 13.0. The molecule has 0 saturated heterocycles. The van der Waals surface area contributed by atoms with E-state index in [1.807, 2.05) is 26.0 Å². The van der Waals surface area contributed by atoms with Gasteiger partial charge in [0.25, 0.3) is 5.91 Å². The van der Waals surface area contributed by atoms with E-state index < -0.39 is 0 Å². The molecule has 2 unspecified atom stereocenters. The Bertz CT molecular complexity index is 473. The van der Waals surface area contributed by atoms with Crippen LogP contribution in [0.5, 0.6) is 0 Å². The van der Waals surface area contributed by atoms with E-state index in [1.165, 1.54) is 6.42 Å². The summed E-state index contributed by atoms with van der Waals surface area (Å²) in [6.45, 7) is 6.28. The first-order valence-electron chi connectivity index (χ1n) is 7.88. The van der Waals surface area contributed by atoms with E-state index >= 15 is 0 Å². The van der Waals surface area contributed by atoms with E-state index in [4.69, 9.17) is 5.73 Å². The first-order valence-corrected chi connectivity index (χ1v) is 7.88. The van der Waals surface area contributed by atoms with Gasteiger partial charge in [0.2, 0.25) is 0 Å². The number of nitrogens with two attached hydrogens (primary N) is 1. The highest BCUT2D eigenvalue weighted by molar-refractivity contribution is 5.93. The predicted octanol–water partition coefficient (Wildman–Crippen LogP) is 2.10. The van der Waals surface area contributed by atoms with Crippen LogP contribution in [0.2, 0.25) is 0 Å². The number of nitrogens with one attached hydrogen (secondary N) is 1. The van der Waals surface area contributed by atoms with E-state index in [2.05, 4.69) is 10.3 Å². The molecule has 1 aromatic rings. The molecule has 5 heteroatoms. The Kier molecular flexibility index (Phi) is 5.56. The van der Waals surface area contributed by atoms with Crippen molar-refractivity contribution in [3.05, 3.63) is 24.0 Å². The van der Waals surface area contributed by atoms with Gasteiger partial charge >= 0.3 is 0 Å². The fourth-order valence-corrected chi connectivity index (χ4v) is 2.89. The lowest BCUT2D eigenvalue weighted by Gasteiger charge is -2.18. The van der Waals surface area contributed by atoms with Crippen LogP contribution in [0.3, 0.4) is 0 Å². The van der Waals surface area contributed by atoms with Crippen molar-refractivity contribution in [1.29, 1.82) is 0 Å². The molecule has 0 spiro atoms. The fraction of sp³-hybridized carbons (Fsp3) is 0.625. The second-order valence-corrected chi connectivity index (χ2v) is 5.73. The number of amides is 1. The van der Waals surface area contributed by atoms with Crippen LogP contribution >= 0.6 is 0 Å². The lowest BCUT2D eigenvalue weighted by Crippen LogP contribution is -2.31. The number of hydrogen-bond acceptors (Lipinski definition) is 4. The van der Waals surface area contributed by atoms with Crippen molar-refractivity contribution in [2.75, 3.05) is 25.0 Å². The Hall–Kier alpha value is -1.62. The van der Waals surface area contributed by atoms with Crippen LogP contribution in [-0.4, -0.2) is 41.5 Å². The molecule has 1 aliphatic carbocycles. The highest BCUT2D eigenvalue weighted by Crippen LogP contribution is 2.24. The molecular weight excluding hydrogens is 264 g/mol. The number of aromatic nitrogens is 1. The third-order valence-electron chi connectivity index (χ3n) is 4.21. The van der Waals surface area contributed by atoms with Crippen molar-refractivity contribution >= 4 is 11.6 Å². The number of pyridine rings is 1. The monoisotopic (exact) mass is 290 g/mol. The molecule has 0 aliphatic heterocycles. The van der Waals surface area contributed by atoms with Gasteiger partial charge < -0.3 is 16.0 Å². The van der Waals surface area contributed by atoms with Crippen LogP contribution in [-0.2, 0) is 0 Å². The largest absolute Gasteiger partial charge is 0.385 e. The first kappa shape index (κ1) is 15.8. The van der Waals surface area contributed by atoms with Crippen molar-refractivity contribution in [2.24, 2.45) is 11.7 Å². The topological polar surface area (TPSA) is 71.2 Å². The maximum atomic E-state index is 12.3. The Morgan fingerprint density at radius 3 is 2.81 bits per heavy atom. The molecular formula is C16H26N4O. The van der Waals surface area contributed by atoms with E-state index in [-0.39, 0.29) is 5.91 Å². The summed E-state index contributed by atoms with van der Waals surface area (Å²) < 4.78 is 0. The minimum Gasteiger partial charge on any atom is -0.385 e. The molecule has 1 fully saturated rings. The molecule has 0 bridgehead atoms. The van der Waals surface area contributed by atoms with Crippen molar-refractivity contribution < 1.29 is 4.79 Å². The molecule has 2 rings (SSSR count). The number of anilines is 1. The summed E-state index contributed by atoms with van der Waals surface area (Å²) in [5.74, 6) is 0.627. The Labute approximate surface area is 126 Å². The molecule has 1 heterocycles. The summed E-state index contributed by atoms with van der Waals surface area (Å²) in [4.78, 5) is 18.3. The molecule has 3 N–H and O–H groups in total. The predicted molar refractivity (Wildman–Crippen MR) is 85.3 cm³/mol. The van der Waals surface area contributed by atoms with Gasteiger partial charge in [-0.1, -0.05) is 0 Å². The van der Waals surface area contributed by atoms with E-state index in [9.17, 15) is 4.79 Å². The normalized spacial score (nSPS) is 21.3. The summed E-state index contributed by atoms with van der Waals surface area (Å²) >= 11 is 0. The van der Waals surface area contributed by atoms with Gasteiger partial charge in [-0.05, 0) is 51.2 Å². The highest BCUT2D eigenvalue weighted by atomic mass is 16.2. The minimum absolute atomic E-state index is 0.00783. The summed E-state index contributed by atoms with van der Waals surface area (Å²) in [5, 5.41) is 3.41. The fourth-order valence-electron chi connectivity index (χ4n) is 2.89. The Morgan fingerprint density at radius 1 is 1.43 bits per heavy atom. The third-order valence-corrected chi connectivity index (χ3v) is 4.21. The molecule has 1 aromatic heterocycles. The Morgan fingerprint density at radius 2 is 2.19 bits per heavy atom. The van der Waals surface area contributed by atoms with Gasteiger partial charge in [0, 0.05) is 37.6 Å². The number of hydrogen-bond donors (Lipinski definition) is 2. The molecule has 5 nitrogen and oxygen atoms in total. The van der Waals surface area contributed by atoms with Gasteiger partial charge in [-0.25, -0.2) is 0 Å². The van der Waals surface area contributed by atoms with Crippen molar-refractivity contribution in [1.82, 2.24) is 9.88 Å². The van der Waals surface area contributed by atoms with Gasteiger partial charge in [0.1, 0.15) is 5.69 Å². The molecule has 1 aliphatic rings. The maximum absolute atomic E-state index is 12.3. The average molecular weight is 290 g/mol. The smallest absolute Gasteiger partial charge is 0.272 e. The molecule has 21 heavy (non-hydrogen) atoms. The van der Waals surface area contributed by atoms with Crippen molar-refractivity contribution in [3.8, 4) is 0 Å². The van der Waals surface area contributed by atoms with Crippen LogP contribution in [0.15, 0.2) is 18.3 Å². The first-order chi connectivity index (χ1) is 10.1. The highest BCUT2D eigenvalue weighted by Gasteiger charge is 2.21. The summed E-state index contributed by atoms with van der Waals surface area (Å²) in [5.41, 5.74) is 7.40. The van der Waals surface area contributed by atoms with Crippen LogP contribution in [0.25, 0.3) is 0 Å². The third kappa shape index (κ3) is 4.17. The molecule has 116 valence electrons. The number of nitrogens with zero attached hydrogens (tertiary/aromatic N) is 2. The number of carbonyl (C=O) groups is 1. The lowest BCUT2D eigenvalue weighted by molar-refractivity contribution is 0.0767. The molecule has 1 amide bonds. The van der Waals surface area contributed by atoms with E-state index in [0.717, 1.165) is 25.1 Å². The summed E-state index contributed by atoms with van der Waals surface area (Å²) in [6, 6.07) is 4.11. The number of carbonyl (C=O) groups excluding carboxylic acids is 1. The van der Waals surface area contributed by atoms with Gasteiger partial charge in [-0.15, -0.1) is 0 Å². The maximum Gasteiger partial charge on any atom is 0.272 e. The quantitative estimate of drug-likeness (QED) is 0.841. The standard InChI is InChI=1S/C16H26N4O/c1-3-20(4-2)16(21)15-10-14(7-8-18-15)19-11-12-5-6-13(17)9-12/h7-8,10,12-13H,3-6,9,11,17H2,1-2H3,(H,18,19). The average Bonchev–Trinajstić information content (AvgIpc) is 2.92. The van der Waals surface area contributed by atoms with Crippen LogP contribution < -0.4 is 11.1 Å². The zero-order valence-corrected chi connectivity index (χ0v) is 13.0. The van der Waals surface area contributed by atoms with E-state index in [0.29, 0.717) is 30.7 Å². The summed E-state index contributed by atoms with van der Waals surface area (Å²) in [7, 11) is 0. The minimum atomic E-state index is -0.00783. The van der Waals surface area contributed by atoms with Gasteiger partial charge in [-0.2, -0.15) is 0 Å². The van der Waals surface area contributed by atoms with Crippen molar-refractivity contribution in [3.63, 3.8) is 0 Å². The second kappa shape index (κ2) is 7.41. The zero-order chi connectivity index (χ0) is 15.2. The van der Waals surface area contributed by atoms with Crippen LogP contribution in [0, 0.1) is 5.92 Å². The van der Waals surface area contributed by atoms with E-state index in [1.54, 1.807) is 11.1 Å². The molecule has 0 aromatic carbocycles. The van der Waals surface area contributed by atoms with Gasteiger partial charge in [0.15, 0.2) is 0 Å². The van der Waals surface area contributed by atoms with Crippen LogP contribution in [0.1, 0.15) is 43.6 Å². The Balaban J connectivity index is 1.95. The van der Waals surface area contributed by atoms with Gasteiger partial charge in [-0.3, -0.25) is 9.78 Å². The second-order valence-electron chi connectivity index (χ2n) is 5.73. The lowest BCUT2D eigenvalue weighted by atomic mass is 10.1. The van der Waals surface area contributed by atoms with Crippen molar-refractivity contribution in [2.45, 2.75) is 39.2 Å². The molecule has 2 atom stereocenters. The van der Waals surface area contributed by atoms with Gasteiger partial charge in [0.05, 0.1) is 0 Å². The molecule has 0 radical (unpaired) electrons. The summed E-state index contributed by atoms with van der Waals surface area (Å²) in [6.07, 6.45) is 5.08. The molecule has 1 saturated carbocycles. The van der Waals surface area contributed by atoms with Crippen LogP contribution in [0.4, 0.5) is 5.69 Å².